The zero-order valence-electron chi connectivity index (χ0n) is 16.2. The summed E-state index contributed by atoms with van der Waals surface area (Å²) in [5.41, 5.74) is 1.79. The molecule has 150 valence electrons. The van der Waals surface area contributed by atoms with Crippen LogP contribution >= 0.6 is 11.6 Å². The van der Waals surface area contributed by atoms with Gasteiger partial charge in [0, 0.05) is 43.5 Å². The molecule has 0 aliphatic carbocycles. The first-order valence-electron chi connectivity index (χ1n) is 9.30. The van der Waals surface area contributed by atoms with Crippen LogP contribution < -0.4 is 5.32 Å². The van der Waals surface area contributed by atoms with Crippen LogP contribution in [-0.2, 0) is 4.79 Å². The second kappa shape index (κ2) is 7.81. The molecule has 3 heterocycles. The van der Waals surface area contributed by atoms with E-state index < -0.39 is 0 Å². The lowest BCUT2D eigenvalue weighted by Gasteiger charge is -2.38. The molecule has 2 amide bonds. The number of hydrogen-bond acceptors (Lipinski definition) is 5. The van der Waals surface area contributed by atoms with Crippen molar-refractivity contribution in [2.24, 2.45) is 0 Å². The maximum atomic E-state index is 12.7. The molecule has 8 nitrogen and oxygen atoms in total. The van der Waals surface area contributed by atoms with E-state index in [9.17, 15) is 9.59 Å². The number of benzene rings is 1. The average Bonchev–Trinajstić information content (AvgIpc) is 3.13. The van der Waals surface area contributed by atoms with Gasteiger partial charge in [-0.25, -0.2) is 0 Å². The summed E-state index contributed by atoms with van der Waals surface area (Å²) >= 11 is 5.89. The average molecular weight is 413 g/mol. The first-order chi connectivity index (χ1) is 13.9. The SMILES string of the molecule is CC(=O)N1CCN(C)C(c2nnc3ccc(C(=O)Nc4ccc(Cl)cc4)cn23)C1. The summed E-state index contributed by atoms with van der Waals surface area (Å²) in [5.74, 6) is 0.505. The number of nitrogens with one attached hydrogen (secondary N) is 1. The minimum absolute atomic E-state index is 0.0416. The van der Waals surface area contributed by atoms with Gasteiger partial charge in [-0.05, 0) is 43.4 Å². The van der Waals surface area contributed by atoms with Crippen LogP contribution in [0.1, 0.15) is 29.1 Å². The smallest absolute Gasteiger partial charge is 0.257 e. The second-order valence-corrected chi connectivity index (χ2v) is 7.56. The lowest BCUT2D eigenvalue weighted by atomic mass is 10.1. The van der Waals surface area contributed by atoms with Gasteiger partial charge in [-0.1, -0.05) is 11.6 Å². The Bertz CT molecular complexity index is 1060. The number of aromatic nitrogens is 3. The fourth-order valence-corrected chi connectivity index (χ4v) is 3.57. The van der Waals surface area contributed by atoms with Gasteiger partial charge in [0.2, 0.25) is 5.91 Å². The molecular formula is C20H21ClN6O2. The van der Waals surface area contributed by atoms with E-state index in [0.29, 0.717) is 40.8 Å². The third-order valence-corrected chi connectivity index (χ3v) is 5.44. The molecule has 1 saturated heterocycles. The maximum absolute atomic E-state index is 12.7. The first kappa shape index (κ1) is 19.4. The minimum Gasteiger partial charge on any atom is -0.340 e. The molecule has 3 aromatic rings. The van der Waals surface area contributed by atoms with Crippen LogP contribution in [0.25, 0.3) is 5.65 Å². The predicted molar refractivity (Wildman–Crippen MR) is 110 cm³/mol. The van der Waals surface area contributed by atoms with Gasteiger partial charge in [0.15, 0.2) is 11.5 Å². The van der Waals surface area contributed by atoms with Crippen molar-refractivity contribution in [3.8, 4) is 0 Å². The molecule has 1 unspecified atom stereocenters. The van der Waals surface area contributed by atoms with Gasteiger partial charge in [0.25, 0.3) is 5.91 Å². The number of halogens is 1. The van der Waals surface area contributed by atoms with Gasteiger partial charge in [0.05, 0.1) is 11.6 Å². The topological polar surface area (TPSA) is 82.8 Å². The van der Waals surface area contributed by atoms with Gasteiger partial charge in [-0.15, -0.1) is 10.2 Å². The van der Waals surface area contributed by atoms with E-state index in [4.69, 9.17) is 11.6 Å². The number of rotatable bonds is 3. The number of pyridine rings is 1. The third-order valence-electron chi connectivity index (χ3n) is 5.18. The van der Waals surface area contributed by atoms with E-state index in [2.05, 4.69) is 20.4 Å². The van der Waals surface area contributed by atoms with Crippen LogP contribution in [0.4, 0.5) is 5.69 Å². The van der Waals surface area contributed by atoms with Crippen LogP contribution in [0.15, 0.2) is 42.6 Å². The number of anilines is 1. The van der Waals surface area contributed by atoms with Crippen molar-refractivity contribution >= 4 is 34.7 Å². The van der Waals surface area contributed by atoms with Crippen molar-refractivity contribution in [1.82, 2.24) is 24.4 Å². The van der Waals surface area contributed by atoms with Crippen LogP contribution in [0.2, 0.25) is 5.02 Å². The number of amides is 2. The lowest BCUT2D eigenvalue weighted by molar-refractivity contribution is -0.131. The fraction of sp³-hybridized carbons (Fsp3) is 0.300. The van der Waals surface area contributed by atoms with Crippen molar-refractivity contribution in [2.45, 2.75) is 13.0 Å². The fourth-order valence-electron chi connectivity index (χ4n) is 3.44. The van der Waals surface area contributed by atoms with E-state index >= 15 is 0 Å². The monoisotopic (exact) mass is 412 g/mol. The van der Waals surface area contributed by atoms with Crippen molar-refractivity contribution in [3.05, 3.63) is 59.0 Å². The van der Waals surface area contributed by atoms with Gasteiger partial charge >= 0.3 is 0 Å². The highest BCUT2D eigenvalue weighted by atomic mass is 35.5. The highest BCUT2D eigenvalue weighted by molar-refractivity contribution is 6.30. The molecular weight excluding hydrogens is 392 g/mol. The zero-order valence-corrected chi connectivity index (χ0v) is 16.9. The van der Waals surface area contributed by atoms with E-state index in [0.717, 1.165) is 6.54 Å². The Morgan fingerprint density at radius 1 is 1.10 bits per heavy atom. The van der Waals surface area contributed by atoms with Crippen LogP contribution in [0.3, 0.4) is 0 Å². The summed E-state index contributed by atoms with van der Waals surface area (Å²) in [6.45, 7) is 3.54. The molecule has 29 heavy (non-hydrogen) atoms. The van der Waals surface area contributed by atoms with E-state index in [1.807, 2.05) is 16.3 Å². The van der Waals surface area contributed by atoms with Crippen molar-refractivity contribution in [1.29, 1.82) is 0 Å². The number of likely N-dealkylation sites (N-methyl/N-ethyl adjacent to an activating group) is 1. The molecule has 1 fully saturated rings. The Morgan fingerprint density at radius 2 is 1.86 bits per heavy atom. The van der Waals surface area contributed by atoms with E-state index in [1.165, 1.54) is 0 Å². The summed E-state index contributed by atoms with van der Waals surface area (Å²) in [5, 5.41) is 12.0. The van der Waals surface area contributed by atoms with E-state index in [-0.39, 0.29) is 17.9 Å². The van der Waals surface area contributed by atoms with Crippen molar-refractivity contribution in [2.75, 3.05) is 32.0 Å². The van der Waals surface area contributed by atoms with Crippen molar-refractivity contribution in [3.63, 3.8) is 0 Å². The van der Waals surface area contributed by atoms with Gasteiger partial charge < -0.3 is 10.2 Å². The summed E-state index contributed by atoms with van der Waals surface area (Å²) in [6.07, 6.45) is 1.73. The Labute approximate surface area is 173 Å². The number of fused-ring (bicyclic) bond motifs is 1. The zero-order chi connectivity index (χ0) is 20.5. The highest BCUT2D eigenvalue weighted by Gasteiger charge is 2.30. The molecule has 2 aromatic heterocycles. The molecule has 0 saturated carbocycles. The van der Waals surface area contributed by atoms with Gasteiger partial charge in [0.1, 0.15) is 0 Å². The highest BCUT2D eigenvalue weighted by Crippen LogP contribution is 2.24. The van der Waals surface area contributed by atoms with Gasteiger partial charge in [-0.3, -0.25) is 18.9 Å². The predicted octanol–water partition coefficient (Wildman–Crippen LogP) is 2.47. The summed E-state index contributed by atoms with van der Waals surface area (Å²) in [6, 6.07) is 10.3. The number of hydrogen-bond donors (Lipinski definition) is 1. The molecule has 0 bridgehead atoms. The molecule has 0 spiro atoms. The Kier molecular flexibility index (Phi) is 5.21. The first-order valence-corrected chi connectivity index (χ1v) is 9.67. The number of carbonyl (C=O) groups is 2. The third kappa shape index (κ3) is 3.94. The Balaban J connectivity index is 1.63. The molecule has 1 atom stereocenters. The quantitative estimate of drug-likeness (QED) is 0.714. The Morgan fingerprint density at radius 3 is 2.59 bits per heavy atom. The van der Waals surface area contributed by atoms with Gasteiger partial charge in [-0.2, -0.15) is 0 Å². The summed E-state index contributed by atoms with van der Waals surface area (Å²) in [4.78, 5) is 28.5. The number of nitrogens with zero attached hydrogens (tertiary/aromatic N) is 5. The molecule has 1 aromatic carbocycles. The van der Waals surface area contributed by atoms with Crippen LogP contribution in [-0.4, -0.2) is 62.9 Å². The normalized spacial score (nSPS) is 17.5. The van der Waals surface area contributed by atoms with Crippen LogP contribution in [0.5, 0.6) is 0 Å². The standard InChI is InChI=1S/C20H21ClN6O2/c1-13(28)26-10-9-25(2)17(12-26)19-24-23-18-8-3-14(11-27(18)19)20(29)22-16-6-4-15(21)5-7-16/h3-8,11,17H,9-10,12H2,1-2H3,(H,22,29). The number of piperazine rings is 1. The lowest BCUT2D eigenvalue weighted by Crippen LogP contribution is -2.48. The molecule has 9 heteroatoms. The maximum Gasteiger partial charge on any atom is 0.257 e. The second-order valence-electron chi connectivity index (χ2n) is 7.13. The largest absolute Gasteiger partial charge is 0.340 e. The number of carbonyl (C=O) groups excluding carboxylic acids is 2. The van der Waals surface area contributed by atoms with Crippen LogP contribution in [0, 0.1) is 0 Å². The minimum atomic E-state index is -0.240. The van der Waals surface area contributed by atoms with Crippen molar-refractivity contribution < 1.29 is 9.59 Å². The molecule has 1 N–H and O–H groups in total. The summed E-state index contributed by atoms with van der Waals surface area (Å²) < 4.78 is 1.82. The molecule has 1 aliphatic heterocycles. The Hall–Kier alpha value is -2.97. The molecule has 0 radical (unpaired) electrons. The summed E-state index contributed by atoms with van der Waals surface area (Å²) in [7, 11) is 2.00. The molecule has 4 rings (SSSR count). The van der Waals surface area contributed by atoms with E-state index in [1.54, 1.807) is 49.5 Å². The molecule has 1 aliphatic rings.